The minimum absolute atomic E-state index is 0.000509. The summed E-state index contributed by atoms with van der Waals surface area (Å²) in [7, 11) is 1.96. The van der Waals surface area contributed by atoms with Crippen LogP contribution >= 0.6 is 0 Å². The van der Waals surface area contributed by atoms with Gasteiger partial charge in [-0.1, -0.05) is 12.1 Å². The summed E-state index contributed by atoms with van der Waals surface area (Å²) in [6.45, 7) is 4.85. The van der Waals surface area contributed by atoms with E-state index in [-0.39, 0.29) is 11.7 Å². The highest BCUT2D eigenvalue weighted by atomic mass is 16.2. The fraction of sp³-hybridized carbons (Fsp3) is 0.500. The molecule has 1 aliphatic rings. The third-order valence-electron chi connectivity index (χ3n) is 3.78. The van der Waals surface area contributed by atoms with Crippen LogP contribution in [0.4, 0.5) is 5.69 Å². The Hall–Kier alpha value is -1.72. The van der Waals surface area contributed by atoms with Crippen LogP contribution in [-0.2, 0) is 4.79 Å². The molecule has 0 aliphatic carbocycles. The minimum atomic E-state index is -0.0270. The molecule has 1 fully saturated rings. The Morgan fingerprint density at radius 1 is 1.38 bits per heavy atom. The summed E-state index contributed by atoms with van der Waals surface area (Å²) in [5, 5.41) is 6.04. The Morgan fingerprint density at radius 2 is 2.19 bits per heavy atom. The van der Waals surface area contributed by atoms with Crippen LogP contribution in [0.2, 0.25) is 0 Å². The van der Waals surface area contributed by atoms with Crippen molar-refractivity contribution in [3.05, 3.63) is 29.8 Å². The van der Waals surface area contributed by atoms with Crippen molar-refractivity contribution in [2.45, 2.75) is 13.3 Å². The fourth-order valence-corrected chi connectivity index (χ4v) is 2.73. The highest BCUT2D eigenvalue weighted by Gasteiger charge is 2.23. The van der Waals surface area contributed by atoms with Gasteiger partial charge in [-0.05, 0) is 51.5 Å². The first-order chi connectivity index (χ1) is 10.1. The number of carbonyl (C=O) groups is 2. The maximum atomic E-state index is 12.1. The van der Waals surface area contributed by atoms with E-state index in [2.05, 4.69) is 15.5 Å². The third-order valence-corrected chi connectivity index (χ3v) is 3.78. The van der Waals surface area contributed by atoms with E-state index in [0.29, 0.717) is 23.7 Å². The lowest BCUT2D eigenvalue weighted by molar-refractivity contribution is -0.117. The number of nitrogens with one attached hydrogen (secondary N) is 2. The number of hydrogen-bond donors (Lipinski definition) is 2. The van der Waals surface area contributed by atoms with Gasteiger partial charge in [-0.2, -0.15) is 0 Å². The number of nitrogens with zero attached hydrogens (tertiary/aromatic N) is 1. The number of carbonyl (C=O) groups excluding carboxylic acids is 2. The number of hydrogen-bond acceptors (Lipinski definition) is 4. The van der Waals surface area contributed by atoms with Crippen LogP contribution in [0.25, 0.3) is 0 Å². The molecule has 0 bridgehead atoms. The van der Waals surface area contributed by atoms with Gasteiger partial charge in [-0.25, -0.2) is 0 Å². The molecule has 1 unspecified atom stereocenters. The Bertz CT molecular complexity index is 516. The summed E-state index contributed by atoms with van der Waals surface area (Å²) in [5.41, 5.74) is 1.29. The van der Waals surface area contributed by atoms with Gasteiger partial charge in [0.05, 0.1) is 6.54 Å². The normalized spacial score (nSPS) is 18.7. The highest BCUT2D eigenvalue weighted by Crippen LogP contribution is 2.15. The molecular formula is C16H23N3O2. The highest BCUT2D eigenvalue weighted by molar-refractivity contribution is 5.97. The molecule has 2 rings (SSSR count). The molecule has 5 heteroatoms. The van der Waals surface area contributed by atoms with Gasteiger partial charge >= 0.3 is 0 Å². The monoisotopic (exact) mass is 289 g/mol. The van der Waals surface area contributed by atoms with Crippen LogP contribution in [0.3, 0.4) is 0 Å². The van der Waals surface area contributed by atoms with E-state index in [1.54, 1.807) is 24.3 Å². The first-order valence-corrected chi connectivity index (χ1v) is 7.36. The SMILES string of the molecule is CNCC1CCN(CC(=O)Nc2cccc(C(C)=O)c2)C1. The van der Waals surface area contributed by atoms with Gasteiger partial charge in [0.1, 0.15) is 0 Å². The lowest BCUT2D eigenvalue weighted by atomic mass is 10.1. The number of benzene rings is 1. The Kier molecular flexibility index (Phi) is 5.47. The van der Waals surface area contributed by atoms with E-state index in [0.717, 1.165) is 26.1 Å². The molecule has 1 heterocycles. The van der Waals surface area contributed by atoms with Gasteiger partial charge in [-0.15, -0.1) is 0 Å². The zero-order valence-electron chi connectivity index (χ0n) is 12.7. The molecule has 1 aromatic rings. The summed E-state index contributed by atoms with van der Waals surface area (Å²) in [6.07, 6.45) is 1.13. The molecule has 0 saturated carbocycles. The van der Waals surface area contributed by atoms with Gasteiger partial charge in [0.25, 0.3) is 0 Å². The first kappa shape index (κ1) is 15.7. The largest absolute Gasteiger partial charge is 0.325 e. The smallest absolute Gasteiger partial charge is 0.238 e. The van der Waals surface area contributed by atoms with Crippen molar-refractivity contribution in [2.75, 3.05) is 38.5 Å². The predicted octanol–water partition coefficient (Wildman–Crippen LogP) is 1.37. The molecule has 114 valence electrons. The van der Waals surface area contributed by atoms with Crippen molar-refractivity contribution in [1.29, 1.82) is 0 Å². The maximum Gasteiger partial charge on any atom is 0.238 e. The van der Waals surface area contributed by atoms with E-state index in [1.807, 2.05) is 7.05 Å². The van der Waals surface area contributed by atoms with Gasteiger partial charge in [-0.3, -0.25) is 14.5 Å². The lowest BCUT2D eigenvalue weighted by Crippen LogP contribution is -2.32. The zero-order valence-corrected chi connectivity index (χ0v) is 12.7. The first-order valence-electron chi connectivity index (χ1n) is 7.36. The Morgan fingerprint density at radius 3 is 2.90 bits per heavy atom. The molecule has 1 aromatic carbocycles. The van der Waals surface area contributed by atoms with Crippen LogP contribution in [0.1, 0.15) is 23.7 Å². The van der Waals surface area contributed by atoms with Crippen LogP contribution in [-0.4, -0.2) is 49.8 Å². The van der Waals surface area contributed by atoms with Crippen molar-refractivity contribution in [1.82, 2.24) is 10.2 Å². The average Bonchev–Trinajstić information content (AvgIpc) is 2.86. The third kappa shape index (κ3) is 4.65. The van der Waals surface area contributed by atoms with Crippen LogP contribution in [0, 0.1) is 5.92 Å². The summed E-state index contributed by atoms with van der Waals surface area (Å²) in [5.74, 6) is 0.602. The standard InChI is InChI=1S/C16H23N3O2/c1-12(20)14-4-3-5-15(8-14)18-16(21)11-19-7-6-13(10-19)9-17-2/h3-5,8,13,17H,6-7,9-11H2,1-2H3,(H,18,21). The topological polar surface area (TPSA) is 61.4 Å². The van der Waals surface area contributed by atoms with E-state index in [4.69, 9.17) is 0 Å². The van der Waals surface area contributed by atoms with Gasteiger partial charge in [0.2, 0.25) is 5.91 Å². The predicted molar refractivity (Wildman–Crippen MR) is 83.5 cm³/mol. The van der Waals surface area contributed by atoms with Crippen molar-refractivity contribution in [2.24, 2.45) is 5.92 Å². The number of amides is 1. The molecule has 2 N–H and O–H groups in total. The van der Waals surface area contributed by atoms with Gasteiger partial charge in [0, 0.05) is 17.8 Å². The number of likely N-dealkylation sites (tertiary alicyclic amines) is 1. The molecule has 1 saturated heterocycles. The van der Waals surface area contributed by atoms with E-state index in [1.165, 1.54) is 6.92 Å². The second kappa shape index (κ2) is 7.33. The van der Waals surface area contributed by atoms with Crippen molar-refractivity contribution in [3.63, 3.8) is 0 Å². The number of Topliss-reactive ketones (excluding diaryl/α,β-unsaturated/α-hetero) is 1. The molecule has 1 amide bonds. The van der Waals surface area contributed by atoms with Crippen LogP contribution in [0.5, 0.6) is 0 Å². The molecule has 5 nitrogen and oxygen atoms in total. The van der Waals surface area contributed by atoms with E-state index in [9.17, 15) is 9.59 Å². The quantitative estimate of drug-likeness (QED) is 0.777. The van der Waals surface area contributed by atoms with Crippen LogP contribution in [0.15, 0.2) is 24.3 Å². The second-order valence-corrected chi connectivity index (χ2v) is 5.63. The van der Waals surface area contributed by atoms with Crippen molar-refractivity contribution >= 4 is 17.4 Å². The Balaban J connectivity index is 1.85. The van der Waals surface area contributed by atoms with E-state index >= 15 is 0 Å². The van der Waals surface area contributed by atoms with Gasteiger partial charge < -0.3 is 10.6 Å². The summed E-state index contributed by atoms with van der Waals surface area (Å²) >= 11 is 0. The number of ketones is 1. The lowest BCUT2D eigenvalue weighted by Gasteiger charge is -2.15. The summed E-state index contributed by atoms with van der Waals surface area (Å²) in [4.78, 5) is 25.6. The van der Waals surface area contributed by atoms with Crippen molar-refractivity contribution < 1.29 is 9.59 Å². The van der Waals surface area contributed by atoms with Crippen molar-refractivity contribution in [3.8, 4) is 0 Å². The Labute approximate surface area is 125 Å². The second-order valence-electron chi connectivity index (χ2n) is 5.63. The number of rotatable bonds is 6. The molecule has 0 aromatic heterocycles. The maximum absolute atomic E-state index is 12.1. The van der Waals surface area contributed by atoms with Crippen LogP contribution < -0.4 is 10.6 Å². The van der Waals surface area contributed by atoms with Gasteiger partial charge in [0.15, 0.2) is 5.78 Å². The summed E-state index contributed by atoms with van der Waals surface area (Å²) in [6, 6.07) is 7.05. The molecule has 1 atom stereocenters. The fourth-order valence-electron chi connectivity index (χ4n) is 2.73. The molecular weight excluding hydrogens is 266 g/mol. The number of anilines is 1. The minimum Gasteiger partial charge on any atom is -0.325 e. The molecule has 0 spiro atoms. The molecule has 1 aliphatic heterocycles. The summed E-state index contributed by atoms with van der Waals surface area (Å²) < 4.78 is 0. The molecule has 0 radical (unpaired) electrons. The zero-order chi connectivity index (χ0) is 15.2. The molecule has 21 heavy (non-hydrogen) atoms. The average molecular weight is 289 g/mol. The van der Waals surface area contributed by atoms with E-state index < -0.39 is 0 Å².